The fourth-order valence-electron chi connectivity index (χ4n) is 0.755. The zero-order chi connectivity index (χ0) is 9.30. The molecule has 5 heteroatoms. The van der Waals surface area contributed by atoms with Crippen LogP contribution < -0.4 is 0 Å². The van der Waals surface area contributed by atoms with Gasteiger partial charge in [0.15, 0.2) is 11.6 Å². The number of benzene rings is 1. The molecule has 0 saturated carbocycles. The second-order valence-electron chi connectivity index (χ2n) is 2.15. The number of aliphatic hydroxyl groups is 1. The molecule has 0 bridgehead atoms. The monoisotopic (exact) mass is 286 g/mol. The lowest BCUT2D eigenvalue weighted by atomic mass is 10.2. The summed E-state index contributed by atoms with van der Waals surface area (Å²) in [5, 5.41) is 17.5. The summed E-state index contributed by atoms with van der Waals surface area (Å²) >= 11 is 1.58. The maximum atomic E-state index is 12.7. The molecule has 0 saturated heterocycles. The molecule has 0 fully saturated rings. The molecule has 0 heterocycles. The van der Waals surface area contributed by atoms with E-state index in [1.165, 1.54) is 6.07 Å². The van der Waals surface area contributed by atoms with E-state index in [0.29, 0.717) is 0 Å². The number of phenols is 1. The summed E-state index contributed by atoms with van der Waals surface area (Å²) in [7, 11) is 0. The maximum Gasteiger partial charge on any atom is 0.201 e. The molecule has 1 aromatic rings. The molecule has 0 amide bonds. The number of hydrogen-bond acceptors (Lipinski definition) is 2. The van der Waals surface area contributed by atoms with E-state index in [1.54, 1.807) is 22.6 Å². The summed E-state index contributed by atoms with van der Waals surface area (Å²) in [5.74, 6) is -3.23. The smallest absolute Gasteiger partial charge is 0.201 e. The third-order valence-corrected chi connectivity index (χ3v) is 2.17. The van der Waals surface area contributed by atoms with Gasteiger partial charge in [-0.05, 0) is 28.7 Å². The standard InChI is InChI=1S/C7H5F2IO2/c8-5-4(10)1-3(2-11)7(12)6(5)9/h1,11-12H,2H2. The van der Waals surface area contributed by atoms with E-state index < -0.39 is 24.0 Å². The van der Waals surface area contributed by atoms with Crippen molar-refractivity contribution >= 4 is 22.6 Å². The molecule has 0 atom stereocenters. The molecule has 1 rings (SSSR count). The van der Waals surface area contributed by atoms with E-state index in [9.17, 15) is 8.78 Å². The van der Waals surface area contributed by atoms with Crippen LogP contribution in [0.15, 0.2) is 6.07 Å². The first kappa shape index (κ1) is 9.66. The lowest BCUT2D eigenvalue weighted by Crippen LogP contribution is -1.95. The van der Waals surface area contributed by atoms with Crippen LogP contribution in [0.3, 0.4) is 0 Å². The Hall–Kier alpha value is -0.430. The molecule has 0 aromatic heterocycles. The minimum atomic E-state index is -1.31. The molecule has 0 spiro atoms. The lowest BCUT2D eigenvalue weighted by Gasteiger charge is -2.04. The van der Waals surface area contributed by atoms with Crippen molar-refractivity contribution in [2.45, 2.75) is 6.61 Å². The van der Waals surface area contributed by atoms with Crippen LogP contribution >= 0.6 is 22.6 Å². The van der Waals surface area contributed by atoms with Crippen LogP contribution in [-0.2, 0) is 6.61 Å². The van der Waals surface area contributed by atoms with Crippen LogP contribution in [-0.4, -0.2) is 10.2 Å². The number of halogens is 3. The SMILES string of the molecule is OCc1cc(I)c(F)c(F)c1O. The number of hydrogen-bond donors (Lipinski definition) is 2. The van der Waals surface area contributed by atoms with Crippen molar-refractivity contribution in [3.8, 4) is 5.75 Å². The molecule has 2 nitrogen and oxygen atoms in total. The van der Waals surface area contributed by atoms with Gasteiger partial charge in [-0.15, -0.1) is 0 Å². The first-order valence-electron chi connectivity index (χ1n) is 3.04. The molecule has 2 N–H and O–H groups in total. The Bertz CT molecular complexity index is 315. The van der Waals surface area contributed by atoms with Gasteiger partial charge in [-0.25, -0.2) is 4.39 Å². The van der Waals surface area contributed by atoms with Crippen molar-refractivity contribution in [1.29, 1.82) is 0 Å². The molecule has 0 unspecified atom stereocenters. The Labute approximate surface area is 81.0 Å². The molecule has 0 aliphatic carbocycles. The van der Waals surface area contributed by atoms with E-state index in [4.69, 9.17) is 10.2 Å². The second-order valence-corrected chi connectivity index (χ2v) is 3.31. The van der Waals surface area contributed by atoms with Gasteiger partial charge >= 0.3 is 0 Å². The molecule has 1 aromatic carbocycles. The predicted molar refractivity (Wildman–Crippen MR) is 46.7 cm³/mol. The second kappa shape index (κ2) is 3.53. The first-order valence-corrected chi connectivity index (χ1v) is 4.12. The van der Waals surface area contributed by atoms with Gasteiger partial charge in [-0.2, -0.15) is 4.39 Å². The van der Waals surface area contributed by atoms with E-state index in [1.807, 2.05) is 0 Å². The fraction of sp³-hybridized carbons (Fsp3) is 0.143. The van der Waals surface area contributed by atoms with Crippen molar-refractivity contribution in [2.24, 2.45) is 0 Å². The van der Waals surface area contributed by atoms with Crippen LogP contribution in [0.5, 0.6) is 5.75 Å². The van der Waals surface area contributed by atoms with Gasteiger partial charge in [0.2, 0.25) is 5.82 Å². The Morgan fingerprint density at radius 3 is 2.42 bits per heavy atom. The Balaban J connectivity index is 3.39. The molecular formula is C7H5F2IO2. The quantitative estimate of drug-likeness (QED) is 0.610. The molecule has 66 valence electrons. The summed E-state index contributed by atoms with van der Waals surface area (Å²) in [6, 6.07) is 1.19. The van der Waals surface area contributed by atoms with Crippen molar-refractivity contribution in [2.75, 3.05) is 0 Å². The molecular weight excluding hydrogens is 281 g/mol. The van der Waals surface area contributed by atoms with Gasteiger partial charge in [0, 0.05) is 5.56 Å². The number of aliphatic hydroxyl groups excluding tert-OH is 1. The highest BCUT2D eigenvalue weighted by molar-refractivity contribution is 14.1. The average Bonchev–Trinajstić information content (AvgIpc) is 2.08. The first-order chi connectivity index (χ1) is 5.57. The normalized spacial score (nSPS) is 10.3. The van der Waals surface area contributed by atoms with Crippen LogP contribution in [0.2, 0.25) is 0 Å². The topological polar surface area (TPSA) is 40.5 Å². The van der Waals surface area contributed by atoms with Crippen molar-refractivity contribution in [3.05, 3.63) is 26.8 Å². The summed E-state index contributed by atoms with van der Waals surface area (Å²) < 4.78 is 25.4. The van der Waals surface area contributed by atoms with Crippen LogP contribution in [0.4, 0.5) is 8.78 Å². The summed E-state index contributed by atoms with van der Waals surface area (Å²) in [5.41, 5.74) is -0.0155. The maximum absolute atomic E-state index is 12.7. The van der Waals surface area contributed by atoms with Gasteiger partial charge in [0.1, 0.15) is 0 Å². The van der Waals surface area contributed by atoms with Crippen LogP contribution in [0.1, 0.15) is 5.56 Å². The predicted octanol–water partition coefficient (Wildman–Crippen LogP) is 1.77. The van der Waals surface area contributed by atoms with E-state index in [-0.39, 0.29) is 9.13 Å². The van der Waals surface area contributed by atoms with Gasteiger partial charge in [0.05, 0.1) is 10.2 Å². The molecule has 0 aliphatic rings. The van der Waals surface area contributed by atoms with E-state index >= 15 is 0 Å². The van der Waals surface area contributed by atoms with Gasteiger partial charge in [0.25, 0.3) is 0 Å². The summed E-state index contributed by atoms with van der Waals surface area (Å²) in [6.07, 6.45) is 0. The average molecular weight is 286 g/mol. The largest absolute Gasteiger partial charge is 0.504 e. The number of aromatic hydroxyl groups is 1. The third-order valence-electron chi connectivity index (χ3n) is 1.39. The van der Waals surface area contributed by atoms with Crippen LogP contribution in [0.25, 0.3) is 0 Å². The zero-order valence-corrected chi connectivity index (χ0v) is 7.97. The van der Waals surface area contributed by atoms with E-state index in [0.717, 1.165) is 0 Å². The van der Waals surface area contributed by atoms with E-state index in [2.05, 4.69) is 0 Å². The Kier molecular flexibility index (Phi) is 2.84. The Morgan fingerprint density at radius 1 is 1.33 bits per heavy atom. The van der Waals surface area contributed by atoms with Gasteiger partial charge < -0.3 is 10.2 Å². The minimum absolute atomic E-state index is 0.0155. The molecule has 0 aliphatic heterocycles. The highest BCUT2D eigenvalue weighted by Gasteiger charge is 2.15. The summed E-state index contributed by atoms with van der Waals surface area (Å²) in [6.45, 7) is -0.515. The Morgan fingerprint density at radius 2 is 1.92 bits per heavy atom. The van der Waals surface area contributed by atoms with Crippen molar-refractivity contribution in [1.82, 2.24) is 0 Å². The number of rotatable bonds is 1. The third kappa shape index (κ3) is 1.51. The minimum Gasteiger partial charge on any atom is -0.504 e. The van der Waals surface area contributed by atoms with Gasteiger partial charge in [-0.3, -0.25) is 0 Å². The van der Waals surface area contributed by atoms with Crippen LogP contribution in [0, 0.1) is 15.2 Å². The fourth-order valence-corrected chi connectivity index (χ4v) is 1.37. The molecule has 0 radical (unpaired) electrons. The van der Waals surface area contributed by atoms with Gasteiger partial charge in [-0.1, -0.05) is 0 Å². The highest BCUT2D eigenvalue weighted by Crippen LogP contribution is 2.27. The van der Waals surface area contributed by atoms with Crippen molar-refractivity contribution < 1.29 is 19.0 Å². The summed E-state index contributed by atoms with van der Waals surface area (Å²) in [4.78, 5) is 0. The van der Waals surface area contributed by atoms with Crippen molar-refractivity contribution in [3.63, 3.8) is 0 Å². The highest BCUT2D eigenvalue weighted by atomic mass is 127. The zero-order valence-electron chi connectivity index (χ0n) is 5.81. The molecule has 12 heavy (non-hydrogen) atoms. The lowest BCUT2D eigenvalue weighted by molar-refractivity contribution is 0.271.